The number of aromatic nitrogens is 3. The summed E-state index contributed by atoms with van der Waals surface area (Å²) in [4.78, 5) is 14.9. The first-order valence-electron chi connectivity index (χ1n) is 8.88. The average molecular weight is 356 g/mol. The van der Waals surface area contributed by atoms with E-state index in [9.17, 15) is 4.79 Å². The normalized spacial score (nSPS) is 28.1. The average Bonchev–Trinajstić information content (AvgIpc) is 3.11. The van der Waals surface area contributed by atoms with E-state index in [1.54, 1.807) is 0 Å². The number of nitrogens with zero attached hydrogens (tertiary/aromatic N) is 4. The Morgan fingerprint density at radius 2 is 2.00 bits per heavy atom. The second kappa shape index (κ2) is 7.80. The Balaban J connectivity index is 0.00000169. The van der Waals surface area contributed by atoms with Gasteiger partial charge in [0.1, 0.15) is 0 Å². The van der Waals surface area contributed by atoms with Crippen LogP contribution >= 0.6 is 12.4 Å². The summed E-state index contributed by atoms with van der Waals surface area (Å²) in [6.07, 6.45) is 8.62. The van der Waals surface area contributed by atoms with Gasteiger partial charge in [-0.1, -0.05) is 18.1 Å². The van der Waals surface area contributed by atoms with Gasteiger partial charge in [0.2, 0.25) is 0 Å². The Morgan fingerprint density at radius 1 is 1.21 bits per heavy atom. The highest BCUT2D eigenvalue weighted by atomic mass is 35.5. The fourth-order valence-electron chi connectivity index (χ4n) is 4.12. The molecule has 2 aliphatic heterocycles. The van der Waals surface area contributed by atoms with Gasteiger partial charge < -0.3 is 15.0 Å². The number of piperidine rings is 1. The van der Waals surface area contributed by atoms with Crippen molar-refractivity contribution in [1.29, 1.82) is 0 Å². The zero-order valence-electron chi connectivity index (χ0n) is 13.9. The number of carbonyl (C=O) groups excluding carboxylic acids is 1. The van der Waals surface area contributed by atoms with Crippen molar-refractivity contribution >= 4 is 18.3 Å². The van der Waals surface area contributed by atoms with Gasteiger partial charge in [0.05, 0.1) is 31.0 Å². The molecule has 0 radical (unpaired) electrons. The van der Waals surface area contributed by atoms with Gasteiger partial charge in [-0.05, 0) is 38.8 Å². The van der Waals surface area contributed by atoms with Crippen molar-refractivity contribution in [3.8, 4) is 0 Å². The van der Waals surface area contributed by atoms with Gasteiger partial charge in [-0.3, -0.25) is 4.79 Å². The zero-order chi connectivity index (χ0) is 15.6. The maximum Gasteiger partial charge on any atom is 0.276 e. The van der Waals surface area contributed by atoms with Crippen LogP contribution in [0.4, 0.5) is 0 Å². The predicted molar refractivity (Wildman–Crippen MR) is 91.4 cm³/mol. The summed E-state index contributed by atoms with van der Waals surface area (Å²) in [7, 11) is 0. The molecule has 0 spiro atoms. The number of nitrogens with one attached hydrogen (secondary N) is 1. The van der Waals surface area contributed by atoms with Crippen molar-refractivity contribution in [3.63, 3.8) is 0 Å². The molecule has 1 aliphatic carbocycles. The van der Waals surface area contributed by atoms with E-state index < -0.39 is 0 Å². The summed E-state index contributed by atoms with van der Waals surface area (Å²) < 4.78 is 7.74. The van der Waals surface area contributed by atoms with Crippen LogP contribution in [-0.2, 0) is 4.74 Å². The number of hydrogen-bond acceptors (Lipinski definition) is 5. The first-order valence-corrected chi connectivity index (χ1v) is 8.88. The molecule has 2 saturated heterocycles. The van der Waals surface area contributed by atoms with Crippen molar-refractivity contribution in [2.24, 2.45) is 0 Å². The van der Waals surface area contributed by atoms with E-state index in [4.69, 9.17) is 4.74 Å². The van der Waals surface area contributed by atoms with E-state index in [0.29, 0.717) is 24.9 Å². The third-order valence-electron chi connectivity index (χ3n) is 5.41. The molecule has 3 heterocycles. The lowest BCUT2D eigenvalue weighted by atomic mass is 9.90. The molecular formula is C16H26ClN5O2. The minimum atomic E-state index is 0. The van der Waals surface area contributed by atoms with Crippen LogP contribution in [0.2, 0.25) is 0 Å². The fraction of sp³-hybridized carbons (Fsp3) is 0.812. The van der Waals surface area contributed by atoms with E-state index in [1.165, 1.54) is 12.8 Å². The van der Waals surface area contributed by atoms with Gasteiger partial charge in [0.15, 0.2) is 5.69 Å². The summed E-state index contributed by atoms with van der Waals surface area (Å²) in [5.41, 5.74) is 0.481. The fourth-order valence-corrected chi connectivity index (χ4v) is 4.12. The van der Waals surface area contributed by atoms with E-state index in [2.05, 4.69) is 15.6 Å². The molecule has 7 nitrogen and oxygen atoms in total. The molecule has 2 unspecified atom stereocenters. The minimum Gasteiger partial charge on any atom is -0.374 e. The summed E-state index contributed by atoms with van der Waals surface area (Å²) in [6, 6.07) is 0.575. The van der Waals surface area contributed by atoms with Crippen molar-refractivity contribution in [2.45, 2.75) is 56.7 Å². The number of fused-ring (bicyclic) bond motifs is 1. The summed E-state index contributed by atoms with van der Waals surface area (Å²) in [5, 5.41) is 11.7. The highest BCUT2D eigenvalue weighted by molar-refractivity contribution is 5.92. The van der Waals surface area contributed by atoms with Crippen LogP contribution in [0.3, 0.4) is 0 Å². The standard InChI is InChI=1S/C16H25N5O2.ClH/c22-16(20-9-10-23-15-4-2-1-3-14(15)20)13-11-21(19-18-13)12-5-7-17-8-6-12;/h11-12,14-15,17H,1-10H2;1H. The van der Waals surface area contributed by atoms with E-state index in [1.807, 2.05) is 15.8 Å². The molecular weight excluding hydrogens is 330 g/mol. The molecule has 134 valence electrons. The molecule has 1 aromatic heterocycles. The number of morpholine rings is 1. The van der Waals surface area contributed by atoms with Gasteiger partial charge in [-0.25, -0.2) is 4.68 Å². The highest BCUT2D eigenvalue weighted by Gasteiger charge is 2.37. The molecule has 8 heteroatoms. The second-order valence-electron chi connectivity index (χ2n) is 6.82. The first kappa shape index (κ1) is 17.6. The quantitative estimate of drug-likeness (QED) is 0.868. The molecule has 24 heavy (non-hydrogen) atoms. The highest BCUT2D eigenvalue weighted by Crippen LogP contribution is 2.29. The number of amides is 1. The monoisotopic (exact) mass is 355 g/mol. The molecule has 1 aromatic rings. The lowest BCUT2D eigenvalue weighted by molar-refractivity contribution is -0.0754. The maximum absolute atomic E-state index is 12.9. The van der Waals surface area contributed by atoms with Crippen LogP contribution in [0.15, 0.2) is 6.20 Å². The van der Waals surface area contributed by atoms with Crippen LogP contribution in [-0.4, -0.2) is 64.2 Å². The maximum atomic E-state index is 12.9. The molecule has 2 atom stereocenters. The van der Waals surface area contributed by atoms with Gasteiger partial charge in [-0.2, -0.15) is 0 Å². The SMILES string of the molecule is Cl.O=C(c1cn(C2CCNCC2)nn1)N1CCOC2CCCCC21. The zero-order valence-corrected chi connectivity index (χ0v) is 14.7. The number of ether oxygens (including phenoxy) is 1. The molecule has 0 aromatic carbocycles. The summed E-state index contributed by atoms with van der Waals surface area (Å²) in [6.45, 7) is 3.30. The van der Waals surface area contributed by atoms with Gasteiger partial charge in [0, 0.05) is 6.54 Å². The van der Waals surface area contributed by atoms with Crippen LogP contribution in [0.25, 0.3) is 0 Å². The Morgan fingerprint density at radius 3 is 2.83 bits per heavy atom. The Hall–Kier alpha value is -1.18. The van der Waals surface area contributed by atoms with Crippen molar-refractivity contribution in [1.82, 2.24) is 25.2 Å². The predicted octanol–water partition coefficient (Wildman–Crippen LogP) is 1.41. The molecule has 0 bridgehead atoms. The molecule has 1 amide bonds. The van der Waals surface area contributed by atoms with E-state index in [0.717, 1.165) is 38.8 Å². The number of rotatable bonds is 2. The van der Waals surface area contributed by atoms with Crippen molar-refractivity contribution in [3.05, 3.63) is 11.9 Å². The van der Waals surface area contributed by atoms with Gasteiger partial charge in [0.25, 0.3) is 5.91 Å². The number of carbonyl (C=O) groups is 1. The lowest BCUT2D eigenvalue weighted by Gasteiger charge is -2.43. The Labute approximate surface area is 148 Å². The van der Waals surface area contributed by atoms with Crippen LogP contribution in [0.1, 0.15) is 55.1 Å². The van der Waals surface area contributed by atoms with Gasteiger partial charge in [-0.15, -0.1) is 17.5 Å². The molecule has 1 N–H and O–H groups in total. The molecule has 1 saturated carbocycles. The van der Waals surface area contributed by atoms with Crippen molar-refractivity contribution < 1.29 is 9.53 Å². The molecule has 3 fully saturated rings. The minimum absolute atomic E-state index is 0. The third kappa shape index (κ3) is 3.43. The van der Waals surface area contributed by atoms with Crippen LogP contribution < -0.4 is 5.32 Å². The smallest absolute Gasteiger partial charge is 0.276 e. The number of hydrogen-bond donors (Lipinski definition) is 1. The summed E-state index contributed by atoms with van der Waals surface area (Å²) in [5.74, 6) is 0.0189. The third-order valence-corrected chi connectivity index (χ3v) is 5.41. The van der Waals surface area contributed by atoms with E-state index in [-0.39, 0.29) is 30.5 Å². The van der Waals surface area contributed by atoms with Crippen LogP contribution in [0, 0.1) is 0 Å². The second-order valence-corrected chi connectivity index (χ2v) is 6.82. The van der Waals surface area contributed by atoms with E-state index >= 15 is 0 Å². The number of halogens is 1. The Bertz CT molecular complexity index is 558. The van der Waals surface area contributed by atoms with Gasteiger partial charge >= 0.3 is 0 Å². The lowest BCUT2D eigenvalue weighted by Crippen LogP contribution is -2.54. The summed E-state index contributed by atoms with van der Waals surface area (Å²) >= 11 is 0. The Kier molecular flexibility index (Phi) is 5.73. The first-order chi connectivity index (χ1) is 11.3. The largest absolute Gasteiger partial charge is 0.374 e. The van der Waals surface area contributed by atoms with Crippen LogP contribution in [0.5, 0.6) is 0 Å². The van der Waals surface area contributed by atoms with Crippen molar-refractivity contribution in [2.75, 3.05) is 26.2 Å². The molecule has 3 aliphatic rings. The topological polar surface area (TPSA) is 72.3 Å². The molecule has 4 rings (SSSR count).